The third-order valence-electron chi connectivity index (χ3n) is 5.66. The highest BCUT2D eigenvalue weighted by molar-refractivity contribution is 5.80. The quantitative estimate of drug-likeness (QED) is 0.573. The first-order valence-electron chi connectivity index (χ1n) is 9.54. The summed E-state index contributed by atoms with van der Waals surface area (Å²) in [6.07, 6.45) is 7.72. The maximum absolute atomic E-state index is 4.13. The first-order chi connectivity index (χ1) is 12.8. The Balaban J connectivity index is 1.26. The van der Waals surface area contributed by atoms with Crippen LogP contribution in [0.25, 0.3) is 21.8 Å². The van der Waals surface area contributed by atoms with E-state index in [9.17, 15) is 0 Å². The molecule has 2 aromatic heterocycles. The summed E-state index contributed by atoms with van der Waals surface area (Å²) < 4.78 is 0. The van der Waals surface area contributed by atoms with Gasteiger partial charge in [-0.05, 0) is 78.6 Å². The van der Waals surface area contributed by atoms with Crippen LogP contribution in [-0.4, -0.2) is 33.2 Å². The van der Waals surface area contributed by atoms with Crippen LogP contribution in [-0.2, 0) is 13.0 Å². The molecule has 0 amide bonds. The second kappa shape index (κ2) is 6.61. The highest BCUT2D eigenvalue weighted by Crippen LogP contribution is 2.24. The Hall–Kier alpha value is -2.59. The fraction of sp³-hybridized carbons (Fsp3) is 0.318. The summed E-state index contributed by atoms with van der Waals surface area (Å²) in [6, 6.07) is 15.6. The molecule has 5 rings (SSSR count). The van der Waals surface area contributed by atoms with Gasteiger partial charge in [0.2, 0.25) is 0 Å². The maximum atomic E-state index is 4.13. The topological polar surface area (TPSA) is 47.7 Å². The summed E-state index contributed by atoms with van der Waals surface area (Å²) in [5, 5.41) is 9.69. The Kier molecular flexibility index (Phi) is 3.98. The SMILES string of the molecule is c1cc2cc(CN3CCCC(Cc4ccc5[nH]ncc5c4)C3)ccc2[nH]1. The lowest BCUT2D eigenvalue weighted by Crippen LogP contribution is -2.35. The molecule has 0 spiro atoms. The van der Waals surface area contributed by atoms with Crippen molar-refractivity contribution in [3.63, 3.8) is 0 Å². The van der Waals surface area contributed by atoms with E-state index in [1.165, 1.54) is 53.3 Å². The van der Waals surface area contributed by atoms with Crippen LogP contribution in [0.2, 0.25) is 0 Å². The smallest absolute Gasteiger partial charge is 0.0650 e. The Morgan fingerprint density at radius 3 is 2.88 bits per heavy atom. The van der Waals surface area contributed by atoms with Crippen LogP contribution in [0.5, 0.6) is 0 Å². The van der Waals surface area contributed by atoms with E-state index in [1.54, 1.807) is 0 Å². The highest BCUT2D eigenvalue weighted by Gasteiger charge is 2.20. The third kappa shape index (κ3) is 3.13. The number of H-pyrrole nitrogens is 2. The molecule has 1 saturated heterocycles. The maximum Gasteiger partial charge on any atom is 0.0650 e. The van der Waals surface area contributed by atoms with E-state index in [1.807, 2.05) is 12.4 Å². The number of benzene rings is 2. The number of nitrogens with zero attached hydrogens (tertiary/aromatic N) is 2. The van der Waals surface area contributed by atoms with Gasteiger partial charge in [0, 0.05) is 30.2 Å². The van der Waals surface area contributed by atoms with Crippen LogP contribution in [0.4, 0.5) is 0 Å². The molecule has 2 aromatic carbocycles. The monoisotopic (exact) mass is 344 g/mol. The summed E-state index contributed by atoms with van der Waals surface area (Å²) in [5.74, 6) is 0.740. The number of likely N-dealkylation sites (tertiary alicyclic amines) is 1. The van der Waals surface area contributed by atoms with E-state index in [2.05, 4.69) is 62.5 Å². The van der Waals surface area contributed by atoms with Crippen molar-refractivity contribution in [2.24, 2.45) is 5.92 Å². The van der Waals surface area contributed by atoms with Gasteiger partial charge in [-0.1, -0.05) is 12.1 Å². The molecule has 0 saturated carbocycles. The first-order valence-corrected chi connectivity index (χ1v) is 9.54. The van der Waals surface area contributed by atoms with Crippen molar-refractivity contribution >= 4 is 21.8 Å². The average molecular weight is 344 g/mol. The van der Waals surface area contributed by atoms with Crippen molar-refractivity contribution in [1.82, 2.24) is 20.1 Å². The Morgan fingerprint density at radius 1 is 1.00 bits per heavy atom. The molecule has 0 aliphatic carbocycles. The van der Waals surface area contributed by atoms with Gasteiger partial charge in [0.25, 0.3) is 0 Å². The van der Waals surface area contributed by atoms with E-state index >= 15 is 0 Å². The minimum atomic E-state index is 0.740. The number of aromatic nitrogens is 3. The molecule has 1 fully saturated rings. The summed E-state index contributed by atoms with van der Waals surface area (Å²) in [5.41, 5.74) is 5.19. The molecule has 132 valence electrons. The molecule has 4 nitrogen and oxygen atoms in total. The van der Waals surface area contributed by atoms with Crippen molar-refractivity contribution in [3.05, 3.63) is 66.0 Å². The highest BCUT2D eigenvalue weighted by atomic mass is 15.1. The molecule has 2 N–H and O–H groups in total. The average Bonchev–Trinajstić information content (AvgIpc) is 3.30. The van der Waals surface area contributed by atoms with Gasteiger partial charge < -0.3 is 4.98 Å². The van der Waals surface area contributed by atoms with Gasteiger partial charge in [-0.25, -0.2) is 0 Å². The van der Waals surface area contributed by atoms with Gasteiger partial charge in [0.15, 0.2) is 0 Å². The van der Waals surface area contributed by atoms with E-state index in [4.69, 9.17) is 0 Å². The van der Waals surface area contributed by atoms with Crippen LogP contribution >= 0.6 is 0 Å². The number of nitrogens with one attached hydrogen (secondary N) is 2. The van der Waals surface area contributed by atoms with Crippen LogP contribution in [0.1, 0.15) is 24.0 Å². The second-order valence-corrected chi connectivity index (χ2v) is 7.64. The predicted octanol–water partition coefficient (Wildman–Crippen LogP) is 4.50. The minimum Gasteiger partial charge on any atom is -0.361 e. The van der Waals surface area contributed by atoms with Crippen molar-refractivity contribution in [3.8, 4) is 0 Å². The van der Waals surface area contributed by atoms with Crippen molar-refractivity contribution in [2.75, 3.05) is 13.1 Å². The zero-order valence-electron chi connectivity index (χ0n) is 14.9. The van der Waals surface area contributed by atoms with Crippen molar-refractivity contribution in [1.29, 1.82) is 0 Å². The summed E-state index contributed by atoms with van der Waals surface area (Å²) in [4.78, 5) is 5.90. The van der Waals surface area contributed by atoms with Gasteiger partial charge in [-0.3, -0.25) is 10.00 Å². The zero-order valence-corrected chi connectivity index (χ0v) is 14.9. The van der Waals surface area contributed by atoms with Crippen molar-refractivity contribution < 1.29 is 0 Å². The lowest BCUT2D eigenvalue weighted by molar-refractivity contribution is 0.167. The fourth-order valence-corrected chi connectivity index (χ4v) is 4.37. The first kappa shape index (κ1) is 15.6. The minimum absolute atomic E-state index is 0.740. The number of rotatable bonds is 4. The Morgan fingerprint density at radius 2 is 1.88 bits per heavy atom. The van der Waals surface area contributed by atoms with Gasteiger partial charge in [-0.2, -0.15) is 5.10 Å². The molecule has 1 atom stereocenters. The summed E-state index contributed by atoms with van der Waals surface area (Å²) >= 11 is 0. The molecule has 4 heteroatoms. The molecule has 26 heavy (non-hydrogen) atoms. The molecule has 0 radical (unpaired) electrons. The molecule has 4 aromatic rings. The molecule has 0 bridgehead atoms. The van der Waals surface area contributed by atoms with E-state index < -0.39 is 0 Å². The lowest BCUT2D eigenvalue weighted by Gasteiger charge is -2.33. The van der Waals surface area contributed by atoms with E-state index in [-0.39, 0.29) is 0 Å². The van der Waals surface area contributed by atoms with E-state index in [0.717, 1.165) is 24.4 Å². The van der Waals surface area contributed by atoms with Crippen molar-refractivity contribution in [2.45, 2.75) is 25.8 Å². The Bertz CT molecular complexity index is 947. The fourth-order valence-electron chi connectivity index (χ4n) is 4.37. The number of hydrogen-bond acceptors (Lipinski definition) is 2. The number of hydrogen-bond donors (Lipinski definition) is 2. The largest absolute Gasteiger partial charge is 0.361 e. The Labute approximate surface area is 153 Å². The van der Waals surface area contributed by atoms with Gasteiger partial charge in [0.1, 0.15) is 0 Å². The van der Waals surface area contributed by atoms with Crippen LogP contribution in [0.3, 0.4) is 0 Å². The van der Waals surface area contributed by atoms with E-state index in [0.29, 0.717) is 0 Å². The summed E-state index contributed by atoms with van der Waals surface area (Å²) in [6.45, 7) is 3.45. The van der Waals surface area contributed by atoms with Gasteiger partial charge in [0.05, 0.1) is 11.7 Å². The standard InChI is InChI=1S/C22H24N4/c1-2-17(10-16-3-6-22-20(11-16)13-24-25-22)14-26(9-1)15-18-4-5-21-19(12-18)7-8-23-21/h3-8,11-13,17,23H,1-2,9-10,14-15H2,(H,24,25). The van der Waals surface area contributed by atoms with Crippen LogP contribution in [0, 0.1) is 5.92 Å². The molecule has 1 aliphatic heterocycles. The molecule has 1 aliphatic rings. The van der Waals surface area contributed by atoms with Gasteiger partial charge >= 0.3 is 0 Å². The predicted molar refractivity (Wildman–Crippen MR) is 106 cm³/mol. The van der Waals surface area contributed by atoms with Gasteiger partial charge in [-0.15, -0.1) is 0 Å². The lowest BCUT2D eigenvalue weighted by atomic mass is 9.90. The summed E-state index contributed by atoms with van der Waals surface area (Å²) in [7, 11) is 0. The number of fused-ring (bicyclic) bond motifs is 2. The molecular weight excluding hydrogens is 320 g/mol. The number of aromatic amines is 2. The molecular formula is C22H24N4. The second-order valence-electron chi connectivity index (χ2n) is 7.64. The normalized spacial score (nSPS) is 18.7. The van der Waals surface area contributed by atoms with Crippen LogP contribution in [0.15, 0.2) is 54.9 Å². The molecule has 3 heterocycles. The number of piperidine rings is 1. The van der Waals surface area contributed by atoms with Crippen LogP contribution < -0.4 is 0 Å². The zero-order chi connectivity index (χ0) is 17.3. The third-order valence-corrected chi connectivity index (χ3v) is 5.66. The molecule has 1 unspecified atom stereocenters.